The second kappa shape index (κ2) is 9.57. The lowest BCUT2D eigenvalue weighted by Gasteiger charge is -2.32. The second-order valence-electron chi connectivity index (χ2n) is 9.01. The maximum absolute atomic E-state index is 9.81. The number of rotatable bonds is 8. The first-order chi connectivity index (χ1) is 15.3. The van der Waals surface area contributed by atoms with E-state index in [0.717, 1.165) is 36.9 Å². The summed E-state index contributed by atoms with van der Waals surface area (Å²) in [5.74, 6) is 0.719. The molecule has 0 radical (unpaired) electrons. The van der Waals surface area contributed by atoms with E-state index in [4.69, 9.17) is 4.74 Å². The Morgan fingerprint density at radius 3 is 2.45 bits per heavy atom. The zero-order valence-electron chi connectivity index (χ0n) is 18.1. The Labute approximate surface area is 185 Å². The van der Waals surface area contributed by atoms with Gasteiger partial charge in [-0.05, 0) is 62.2 Å². The van der Waals surface area contributed by atoms with Crippen LogP contribution in [-0.4, -0.2) is 67.8 Å². The Bertz CT molecular complexity index is 823. The van der Waals surface area contributed by atoms with Crippen molar-refractivity contribution in [3.63, 3.8) is 0 Å². The molecule has 0 spiro atoms. The Balaban J connectivity index is 0.989. The van der Waals surface area contributed by atoms with Gasteiger partial charge in [-0.1, -0.05) is 30.3 Å². The molecule has 6 nitrogen and oxygen atoms in total. The smallest absolute Gasteiger partial charge is 0.238 e. The molecule has 1 aliphatic carbocycles. The molecule has 31 heavy (non-hydrogen) atoms. The number of likely N-dealkylation sites (tertiary alicyclic amines) is 1. The van der Waals surface area contributed by atoms with Crippen LogP contribution in [0.1, 0.15) is 30.7 Å². The van der Waals surface area contributed by atoms with Crippen LogP contribution in [0.25, 0.3) is 0 Å². The standard InChI is InChI=1S/C25H34N4O2/c30-25-29(16-17-31-25)22-8-6-20(7-9-22)26-12-15-28-13-10-21(11-14-28)27-24-18-23(24)19-4-2-1-3-5-19/h1-9,21,23-27,30H,10-18H2/t23-,24+,25?/m0/s1. The molecule has 0 bridgehead atoms. The summed E-state index contributed by atoms with van der Waals surface area (Å²) >= 11 is 0. The summed E-state index contributed by atoms with van der Waals surface area (Å²) in [7, 11) is 0. The van der Waals surface area contributed by atoms with Crippen LogP contribution in [0.15, 0.2) is 54.6 Å². The van der Waals surface area contributed by atoms with E-state index in [1.165, 1.54) is 37.9 Å². The molecule has 2 aliphatic heterocycles. The normalized spacial score (nSPS) is 26.9. The van der Waals surface area contributed by atoms with Crippen molar-refractivity contribution in [3.8, 4) is 0 Å². The number of ether oxygens (including phenoxy) is 1. The first-order valence-corrected chi connectivity index (χ1v) is 11.7. The van der Waals surface area contributed by atoms with Crippen molar-refractivity contribution in [2.45, 2.75) is 43.7 Å². The van der Waals surface area contributed by atoms with Gasteiger partial charge in [0.15, 0.2) is 0 Å². The Morgan fingerprint density at radius 2 is 1.74 bits per heavy atom. The lowest BCUT2D eigenvalue weighted by atomic mass is 10.0. The van der Waals surface area contributed by atoms with Gasteiger partial charge in [0, 0.05) is 49.0 Å². The van der Waals surface area contributed by atoms with Gasteiger partial charge in [0.25, 0.3) is 0 Å². The number of hydrogen-bond acceptors (Lipinski definition) is 6. The van der Waals surface area contributed by atoms with Crippen LogP contribution in [0.4, 0.5) is 11.4 Å². The van der Waals surface area contributed by atoms with Crippen LogP contribution < -0.4 is 15.5 Å². The van der Waals surface area contributed by atoms with Crippen LogP contribution in [0, 0.1) is 0 Å². The highest BCUT2D eigenvalue weighted by Crippen LogP contribution is 2.41. The van der Waals surface area contributed by atoms with Gasteiger partial charge in [-0.3, -0.25) is 0 Å². The minimum atomic E-state index is -0.819. The summed E-state index contributed by atoms with van der Waals surface area (Å²) in [6, 6.07) is 20.5. The first-order valence-electron chi connectivity index (χ1n) is 11.7. The monoisotopic (exact) mass is 422 g/mol. The van der Waals surface area contributed by atoms with Crippen molar-refractivity contribution in [1.29, 1.82) is 0 Å². The minimum absolute atomic E-state index is 0.571. The van der Waals surface area contributed by atoms with Gasteiger partial charge in [0.2, 0.25) is 6.41 Å². The molecule has 3 atom stereocenters. The molecule has 5 rings (SSSR count). The number of nitrogens with one attached hydrogen (secondary N) is 2. The summed E-state index contributed by atoms with van der Waals surface area (Å²) in [5.41, 5.74) is 3.60. The molecule has 2 saturated heterocycles. The molecule has 3 fully saturated rings. The fraction of sp³-hybridized carbons (Fsp3) is 0.520. The molecule has 1 unspecified atom stereocenters. The quantitative estimate of drug-likeness (QED) is 0.608. The molecule has 2 heterocycles. The highest BCUT2D eigenvalue weighted by Gasteiger charge is 2.39. The van der Waals surface area contributed by atoms with Crippen LogP contribution in [0.3, 0.4) is 0 Å². The van der Waals surface area contributed by atoms with Gasteiger partial charge in [-0.2, -0.15) is 0 Å². The third-order valence-corrected chi connectivity index (χ3v) is 6.88. The SMILES string of the molecule is OC1OCCN1c1ccc(NCCN2CCC(N[C@@H]3C[C@H]3c3ccccc3)CC2)cc1. The van der Waals surface area contributed by atoms with Gasteiger partial charge in [-0.25, -0.2) is 0 Å². The van der Waals surface area contributed by atoms with E-state index in [0.29, 0.717) is 18.7 Å². The Morgan fingerprint density at radius 1 is 0.968 bits per heavy atom. The van der Waals surface area contributed by atoms with Gasteiger partial charge in [0.1, 0.15) is 0 Å². The van der Waals surface area contributed by atoms with E-state index >= 15 is 0 Å². The van der Waals surface area contributed by atoms with E-state index < -0.39 is 6.41 Å². The lowest BCUT2D eigenvalue weighted by Crippen LogP contribution is -2.44. The number of benzene rings is 2. The highest BCUT2D eigenvalue weighted by atomic mass is 16.6. The fourth-order valence-corrected chi connectivity index (χ4v) is 4.92. The van der Waals surface area contributed by atoms with Crippen LogP contribution in [-0.2, 0) is 4.74 Å². The zero-order valence-corrected chi connectivity index (χ0v) is 18.1. The van der Waals surface area contributed by atoms with E-state index in [9.17, 15) is 5.11 Å². The third-order valence-electron chi connectivity index (χ3n) is 6.88. The van der Waals surface area contributed by atoms with Crippen molar-refractivity contribution < 1.29 is 9.84 Å². The van der Waals surface area contributed by atoms with Gasteiger partial charge >= 0.3 is 0 Å². The summed E-state index contributed by atoms with van der Waals surface area (Å²) in [6.07, 6.45) is 2.96. The number of piperidine rings is 1. The van der Waals surface area contributed by atoms with Crippen molar-refractivity contribution in [1.82, 2.24) is 10.2 Å². The van der Waals surface area contributed by atoms with Crippen molar-refractivity contribution >= 4 is 11.4 Å². The predicted molar refractivity (Wildman–Crippen MR) is 124 cm³/mol. The molecule has 1 saturated carbocycles. The van der Waals surface area contributed by atoms with Crippen molar-refractivity contribution in [3.05, 3.63) is 60.2 Å². The summed E-state index contributed by atoms with van der Waals surface area (Å²) < 4.78 is 5.20. The van der Waals surface area contributed by atoms with E-state index in [-0.39, 0.29) is 0 Å². The van der Waals surface area contributed by atoms with Crippen LogP contribution in [0.5, 0.6) is 0 Å². The van der Waals surface area contributed by atoms with Gasteiger partial charge in [0.05, 0.1) is 6.61 Å². The molecule has 2 aromatic carbocycles. The number of nitrogens with zero attached hydrogens (tertiary/aromatic N) is 2. The Kier molecular flexibility index (Phi) is 6.41. The average Bonchev–Trinajstić information content (AvgIpc) is 3.45. The van der Waals surface area contributed by atoms with Crippen LogP contribution in [0.2, 0.25) is 0 Å². The average molecular weight is 423 g/mol. The molecule has 6 heteroatoms. The van der Waals surface area contributed by atoms with E-state index in [1.54, 1.807) is 0 Å². The first kappa shape index (κ1) is 20.8. The topological polar surface area (TPSA) is 60.0 Å². The molecule has 0 amide bonds. The molecule has 0 aromatic heterocycles. The molecule has 2 aromatic rings. The van der Waals surface area contributed by atoms with Gasteiger partial charge < -0.3 is 30.3 Å². The molecule has 166 valence electrons. The van der Waals surface area contributed by atoms with Crippen molar-refractivity contribution in [2.24, 2.45) is 0 Å². The van der Waals surface area contributed by atoms with E-state index in [2.05, 4.69) is 58.0 Å². The number of aliphatic hydroxyl groups excluding tert-OH is 1. The molecular weight excluding hydrogens is 388 g/mol. The fourth-order valence-electron chi connectivity index (χ4n) is 4.92. The number of anilines is 2. The highest BCUT2D eigenvalue weighted by molar-refractivity contribution is 5.55. The molecular formula is C25H34N4O2. The van der Waals surface area contributed by atoms with Crippen molar-refractivity contribution in [2.75, 3.05) is 49.5 Å². The Hall–Kier alpha value is -2.12. The summed E-state index contributed by atoms with van der Waals surface area (Å²) in [5, 5.41) is 17.2. The maximum atomic E-state index is 9.81. The predicted octanol–water partition coefficient (Wildman–Crippen LogP) is 2.82. The summed E-state index contributed by atoms with van der Waals surface area (Å²) in [6.45, 7) is 5.67. The van der Waals surface area contributed by atoms with Crippen LogP contribution >= 0.6 is 0 Å². The van der Waals surface area contributed by atoms with E-state index in [1.807, 2.05) is 17.0 Å². The maximum Gasteiger partial charge on any atom is 0.238 e. The summed E-state index contributed by atoms with van der Waals surface area (Å²) in [4.78, 5) is 4.44. The number of hydrogen-bond donors (Lipinski definition) is 3. The minimum Gasteiger partial charge on any atom is -0.384 e. The largest absolute Gasteiger partial charge is 0.384 e. The number of aliphatic hydroxyl groups is 1. The lowest BCUT2D eigenvalue weighted by molar-refractivity contribution is -0.0573. The second-order valence-corrected chi connectivity index (χ2v) is 9.01. The third kappa shape index (κ3) is 5.21. The van der Waals surface area contributed by atoms with Gasteiger partial charge in [-0.15, -0.1) is 0 Å². The molecule has 3 N–H and O–H groups in total. The zero-order chi connectivity index (χ0) is 21.0. The molecule has 3 aliphatic rings.